The Labute approximate surface area is 142 Å². The fraction of sp³-hybridized carbons (Fsp3) is 0.867. The van der Waals surface area contributed by atoms with E-state index in [1.165, 1.54) is 0 Å². The van der Waals surface area contributed by atoms with E-state index >= 15 is 0 Å². The van der Waals surface area contributed by atoms with Gasteiger partial charge in [-0.2, -0.15) is 0 Å². The van der Waals surface area contributed by atoms with Crippen LogP contribution in [-0.2, 0) is 9.47 Å². The van der Waals surface area contributed by atoms with Gasteiger partial charge in [-0.25, -0.2) is 9.59 Å². The minimum absolute atomic E-state index is 0.334. The van der Waals surface area contributed by atoms with Gasteiger partial charge in [-0.1, -0.05) is 22.9 Å². The molecular weight excluding hydrogens is 352 g/mol. The second-order valence-electron chi connectivity index (χ2n) is 6.55. The van der Waals surface area contributed by atoms with E-state index in [0.717, 1.165) is 11.8 Å². The highest BCUT2D eigenvalue weighted by atomic mass is 79.9. The van der Waals surface area contributed by atoms with Gasteiger partial charge in [0.2, 0.25) is 0 Å². The van der Waals surface area contributed by atoms with Crippen LogP contribution in [0.2, 0.25) is 0 Å². The highest BCUT2D eigenvalue weighted by molar-refractivity contribution is 9.09. The Hall–Kier alpha value is -0.980. The number of hydrogen-bond donors (Lipinski definition) is 2. The van der Waals surface area contributed by atoms with Crippen molar-refractivity contribution in [2.75, 3.05) is 18.4 Å². The molecular formula is C15H31BrN2O4. The first-order chi connectivity index (χ1) is 9.91. The maximum Gasteiger partial charge on any atom is 0.407 e. The molecule has 0 saturated carbocycles. The lowest BCUT2D eigenvalue weighted by atomic mass is 10.2. The second-order valence-corrected chi connectivity index (χ2v) is 7.34. The Morgan fingerprint density at radius 3 is 1.50 bits per heavy atom. The van der Waals surface area contributed by atoms with Crippen molar-refractivity contribution in [3.05, 3.63) is 0 Å². The van der Waals surface area contributed by atoms with Crippen LogP contribution in [0.5, 0.6) is 0 Å². The van der Waals surface area contributed by atoms with Crippen LogP contribution in [0.25, 0.3) is 0 Å². The van der Waals surface area contributed by atoms with Crippen molar-refractivity contribution in [3.63, 3.8) is 0 Å². The van der Waals surface area contributed by atoms with E-state index in [-0.39, 0.29) is 12.2 Å². The van der Waals surface area contributed by atoms with Gasteiger partial charge in [0.15, 0.2) is 0 Å². The zero-order chi connectivity index (χ0) is 17.8. The number of alkyl halides is 1. The Morgan fingerprint density at radius 1 is 0.864 bits per heavy atom. The van der Waals surface area contributed by atoms with Crippen LogP contribution in [0.4, 0.5) is 9.59 Å². The summed E-state index contributed by atoms with van der Waals surface area (Å²) in [4.78, 5) is 21.7. The van der Waals surface area contributed by atoms with Gasteiger partial charge >= 0.3 is 12.2 Å². The summed E-state index contributed by atoms with van der Waals surface area (Å²) < 4.78 is 9.96. The average Bonchev–Trinajstić information content (AvgIpc) is 2.30. The fourth-order valence-electron chi connectivity index (χ4n) is 1.00. The number of rotatable bonds is 4. The maximum atomic E-state index is 10.9. The molecule has 6 nitrogen and oxygen atoms in total. The molecule has 0 fully saturated rings. The summed E-state index contributed by atoms with van der Waals surface area (Å²) in [5.74, 6) is 0. The molecule has 0 saturated heterocycles. The van der Waals surface area contributed by atoms with Gasteiger partial charge in [-0.3, -0.25) is 0 Å². The molecule has 0 aromatic carbocycles. The van der Waals surface area contributed by atoms with Crippen LogP contribution in [0.15, 0.2) is 0 Å². The zero-order valence-corrected chi connectivity index (χ0v) is 16.4. The lowest BCUT2D eigenvalue weighted by Gasteiger charge is -2.19. The molecule has 0 rings (SSSR count). The van der Waals surface area contributed by atoms with E-state index in [1.807, 2.05) is 48.5 Å². The molecule has 7 heteroatoms. The van der Waals surface area contributed by atoms with E-state index in [9.17, 15) is 9.59 Å². The highest BCUT2D eigenvalue weighted by Crippen LogP contribution is 2.06. The molecule has 0 radical (unpaired) electrons. The van der Waals surface area contributed by atoms with Gasteiger partial charge < -0.3 is 20.1 Å². The molecule has 0 aromatic heterocycles. The van der Waals surface area contributed by atoms with E-state index in [1.54, 1.807) is 0 Å². The Morgan fingerprint density at radius 2 is 1.23 bits per heavy atom. The van der Waals surface area contributed by atoms with Gasteiger partial charge in [0.05, 0.1) is 0 Å². The second kappa shape index (κ2) is 11.6. The lowest BCUT2D eigenvalue weighted by molar-refractivity contribution is 0.0518. The molecule has 0 aliphatic carbocycles. The van der Waals surface area contributed by atoms with Crippen LogP contribution < -0.4 is 10.6 Å². The summed E-state index contributed by atoms with van der Waals surface area (Å²) in [5, 5.41) is 5.95. The number of ether oxygens (including phenoxy) is 2. The van der Waals surface area contributed by atoms with Crippen molar-refractivity contribution >= 4 is 28.1 Å². The maximum absolute atomic E-state index is 10.9. The van der Waals surface area contributed by atoms with Crippen molar-refractivity contribution < 1.29 is 19.1 Å². The van der Waals surface area contributed by atoms with Crippen LogP contribution in [-0.4, -0.2) is 41.8 Å². The Bertz CT molecular complexity index is 290. The third kappa shape index (κ3) is 21.3. The lowest BCUT2D eigenvalue weighted by Crippen LogP contribution is -2.33. The molecule has 0 aliphatic heterocycles. The standard InChI is InChI=1S/C8H17NO2.C7H14BrNO2/c1-5-6-9-7(10)11-8(2,3)4;1-7(2,3)11-6(10)9-5-4-8/h5-6H2,1-4H3,(H,9,10);4-5H2,1-3H3,(H,9,10). The van der Waals surface area contributed by atoms with Gasteiger partial charge in [0.1, 0.15) is 11.2 Å². The van der Waals surface area contributed by atoms with Gasteiger partial charge in [0.25, 0.3) is 0 Å². The Balaban J connectivity index is 0. The van der Waals surface area contributed by atoms with Gasteiger partial charge in [0, 0.05) is 18.4 Å². The minimum atomic E-state index is -0.406. The highest BCUT2D eigenvalue weighted by Gasteiger charge is 2.15. The average molecular weight is 383 g/mol. The van der Waals surface area contributed by atoms with Gasteiger partial charge in [-0.15, -0.1) is 0 Å². The fourth-order valence-corrected chi connectivity index (χ4v) is 1.20. The first-order valence-corrected chi connectivity index (χ1v) is 8.53. The third-order valence-electron chi connectivity index (χ3n) is 1.68. The summed E-state index contributed by atoms with van der Waals surface area (Å²) in [6.07, 6.45) is 0.232. The van der Waals surface area contributed by atoms with Crippen LogP contribution in [0, 0.1) is 0 Å². The topological polar surface area (TPSA) is 76.7 Å². The smallest absolute Gasteiger partial charge is 0.407 e. The quantitative estimate of drug-likeness (QED) is 0.724. The van der Waals surface area contributed by atoms with E-state index in [0.29, 0.717) is 13.1 Å². The first kappa shape index (κ1) is 23.3. The summed E-state index contributed by atoms with van der Waals surface area (Å²) in [5.41, 5.74) is -0.797. The molecule has 0 atom stereocenters. The van der Waals surface area contributed by atoms with Crippen LogP contribution in [0.1, 0.15) is 54.9 Å². The summed E-state index contributed by atoms with van der Waals surface area (Å²) in [6.45, 7) is 14.3. The predicted molar refractivity (Wildman–Crippen MR) is 92.6 cm³/mol. The predicted octanol–water partition coefficient (Wildman–Crippen LogP) is 3.83. The number of carbonyl (C=O) groups is 2. The molecule has 22 heavy (non-hydrogen) atoms. The van der Waals surface area contributed by atoms with Crippen molar-refractivity contribution in [3.8, 4) is 0 Å². The molecule has 2 N–H and O–H groups in total. The normalized spacial score (nSPS) is 10.9. The van der Waals surface area contributed by atoms with Gasteiger partial charge in [-0.05, 0) is 48.0 Å². The number of hydrogen-bond acceptors (Lipinski definition) is 4. The van der Waals surface area contributed by atoms with Crippen molar-refractivity contribution in [1.82, 2.24) is 10.6 Å². The number of halogens is 1. The van der Waals surface area contributed by atoms with E-state index in [2.05, 4.69) is 26.6 Å². The number of carbonyl (C=O) groups excluding carboxylic acids is 2. The molecule has 2 amide bonds. The largest absolute Gasteiger partial charge is 0.444 e. The molecule has 0 aliphatic rings. The van der Waals surface area contributed by atoms with E-state index < -0.39 is 11.2 Å². The summed E-state index contributed by atoms with van der Waals surface area (Å²) in [6, 6.07) is 0. The summed E-state index contributed by atoms with van der Waals surface area (Å²) in [7, 11) is 0. The van der Waals surface area contributed by atoms with Crippen molar-refractivity contribution in [2.24, 2.45) is 0 Å². The number of alkyl carbamates (subject to hydrolysis) is 2. The molecule has 0 spiro atoms. The minimum Gasteiger partial charge on any atom is -0.444 e. The third-order valence-corrected chi connectivity index (χ3v) is 2.08. The molecule has 0 heterocycles. The summed E-state index contributed by atoms with van der Waals surface area (Å²) >= 11 is 3.19. The molecule has 0 bridgehead atoms. The van der Waals surface area contributed by atoms with Crippen molar-refractivity contribution in [1.29, 1.82) is 0 Å². The Kier molecular flexibility index (Phi) is 12.2. The molecule has 132 valence electrons. The van der Waals surface area contributed by atoms with Crippen LogP contribution in [0.3, 0.4) is 0 Å². The SMILES string of the molecule is CC(C)(C)OC(=O)NCCBr.CCCNC(=O)OC(C)(C)C. The number of amides is 2. The zero-order valence-electron chi connectivity index (χ0n) is 14.8. The monoisotopic (exact) mass is 382 g/mol. The first-order valence-electron chi connectivity index (χ1n) is 7.41. The molecule has 0 unspecified atom stereocenters. The number of nitrogens with one attached hydrogen (secondary N) is 2. The van der Waals surface area contributed by atoms with Crippen LogP contribution >= 0.6 is 15.9 Å². The van der Waals surface area contributed by atoms with E-state index in [4.69, 9.17) is 9.47 Å². The molecule has 0 aromatic rings. The van der Waals surface area contributed by atoms with Crippen molar-refractivity contribution in [2.45, 2.75) is 66.1 Å².